The highest BCUT2D eigenvalue weighted by atomic mass is 19.1. The average molecular weight is 240 g/mol. The molecule has 0 amide bonds. The van der Waals surface area contributed by atoms with Gasteiger partial charge in [-0.15, -0.1) is 0 Å². The number of halogens is 1. The van der Waals surface area contributed by atoms with Crippen molar-refractivity contribution in [1.29, 1.82) is 0 Å². The number of likely N-dealkylation sites (N-methyl/N-ethyl adjacent to an activating group) is 1. The number of nitrogens with zero attached hydrogens (tertiary/aromatic N) is 1. The zero-order valence-electron chi connectivity index (χ0n) is 10.7. The van der Waals surface area contributed by atoms with E-state index in [1.165, 1.54) is 6.07 Å². The Bertz CT molecular complexity index is 357. The Balaban J connectivity index is 2.94. The molecule has 1 atom stereocenters. The number of rotatable bonds is 6. The molecule has 0 heterocycles. The number of hydrogen-bond donors (Lipinski definition) is 1. The van der Waals surface area contributed by atoms with Gasteiger partial charge >= 0.3 is 0 Å². The van der Waals surface area contributed by atoms with Gasteiger partial charge in [-0.05, 0) is 43.7 Å². The minimum Gasteiger partial charge on any atom is -0.383 e. The molecule has 3 nitrogen and oxygen atoms in total. The lowest BCUT2D eigenvalue weighted by Gasteiger charge is -2.28. The highest BCUT2D eigenvalue weighted by Crippen LogP contribution is 2.22. The second-order valence-electron chi connectivity index (χ2n) is 4.23. The Morgan fingerprint density at radius 2 is 2.18 bits per heavy atom. The quantitative estimate of drug-likeness (QED) is 0.824. The zero-order valence-corrected chi connectivity index (χ0v) is 10.7. The van der Waals surface area contributed by atoms with Gasteiger partial charge < -0.3 is 15.4 Å². The van der Waals surface area contributed by atoms with Gasteiger partial charge in [0.05, 0.1) is 6.61 Å². The molecule has 0 radical (unpaired) electrons. The minimum absolute atomic E-state index is 0.218. The Hall–Kier alpha value is -1.13. The Kier molecular flexibility index (Phi) is 5.38. The summed E-state index contributed by atoms with van der Waals surface area (Å²) in [6, 6.07) is 5.07. The van der Waals surface area contributed by atoms with Crippen LogP contribution >= 0.6 is 0 Å². The Morgan fingerprint density at radius 3 is 2.76 bits per heavy atom. The monoisotopic (exact) mass is 240 g/mol. The molecule has 2 N–H and O–H groups in total. The summed E-state index contributed by atoms with van der Waals surface area (Å²) in [5.41, 5.74) is 7.51. The summed E-state index contributed by atoms with van der Waals surface area (Å²) in [6.07, 6.45) is 0.678. The van der Waals surface area contributed by atoms with Gasteiger partial charge in [-0.2, -0.15) is 0 Å². The van der Waals surface area contributed by atoms with Gasteiger partial charge in [0.2, 0.25) is 0 Å². The highest BCUT2D eigenvalue weighted by molar-refractivity contribution is 5.54. The maximum atomic E-state index is 13.2. The molecule has 0 bridgehead atoms. The third-order valence-electron chi connectivity index (χ3n) is 2.90. The third kappa shape index (κ3) is 3.68. The molecule has 0 spiro atoms. The van der Waals surface area contributed by atoms with E-state index < -0.39 is 0 Å². The van der Waals surface area contributed by atoms with Crippen molar-refractivity contribution in [3.63, 3.8) is 0 Å². The van der Waals surface area contributed by atoms with Gasteiger partial charge in [-0.3, -0.25) is 0 Å². The topological polar surface area (TPSA) is 38.5 Å². The molecule has 1 unspecified atom stereocenters. The first kappa shape index (κ1) is 13.9. The van der Waals surface area contributed by atoms with E-state index >= 15 is 0 Å². The fraction of sp³-hybridized carbons (Fsp3) is 0.538. The molecular weight excluding hydrogens is 219 g/mol. The largest absolute Gasteiger partial charge is 0.383 e. The van der Waals surface area contributed by atoms with Crippen LogP contribution in [0.3, 0.4) is 0 Å². The van der Waals surface area contributed by atoms with Gasteiger partial charge in [0.15, 0.2) is 0 Å². The molecule has 1 aromatic rings. The molecule has 0 fully saturated rings. The van der Waals surface area contributed by atoms with Gasteiger partial charge in [0.25, 0.3) is 0 Å². The van der Waals surface area contributed by atoms with Crippen LogP contribution in [0.2, 0.25) is 0 Å². The number of benzene rings is 1. The van der Waals surface area contributed by atoms with Crippen molar-refractivity contribution in [2.45, 2.75) is 19.4 Å². The van der Waals surface area contributed by atoms with Crippen molar-refractivity contribution >= 4 is 5.69 Å². The molecular formula is C13H21FN2O. The van der Waals surface area contributed by atoms with Gasteiger partial charge in [-0.1, -0.05) is 0 Å². The van der Waals surface area contributed by atoms with Crippen molar-refractivity contribution in [3.05, 3.63) is 29.6 Å². The number of nitrogens with two attached hydrogens (primary N) is 1. The first-order valence-corrected chi connectivity index (χ1v) is 5.80. The van der Waals surface area contributed by atoms with E-state index in [1.54, 1.807) is 19.2 Å². The molecule has 0 saturated carbocycles. The molecule has 0 aromatic heterocycles. The predicted molar refractivity (Wildman–Crippen MR) is 68.9 cm³/mol. The number of hydrogen-bond acceptors (Lipinski definition) is 3. The molecule has 0 aliphatic rings. The second kappa shape index (κ2) is 6.57. The van der Waals surface area contributed by atoms with Crippen LogP contribution in [-0.4, -0.2) is 33.4 Å². The van der Waals surface area contributed by atoms with Gasteiger partial charge in [0.1, 0.15) is 5.82 Å². The highest BCUT2D eigenvalue weighted by Gasteiger charge is 2.13. The molecule has 0 saturated heterocycles. The van der Waals surface area contributed by atoms with Crippen molar-refractivity contribution in [2.24, 2.45) is 5.73 Å². The number of anilines is 1. The van der Waals surface area contributed by atoms with Gasteiger partial charge in [0, 0.05) is 25.9 Å². The predicted octanol–water partition coefficient (Wildman–Crippen LogP) is 1.80. The van der Waals surface area contributed by atoms with E-state index in [0.717, 1.165) is 11.3 Å². The first-order chi connectivity index (χ1) is 8.10. The normalized spacial score (nSPS) is 12.5. The molecule has 4 heteroatoms. The molecule has 1 rings (SSSR count). The fourth-order valence-electron chi connectivity index (χ4n) is 1.84. The lowest BCUT2D eigenvalue weighted by Crippen LogP contribution is -2.33. The lowest BCUT2D eigenvalue weighted by atomic mass is 10.1. The molecule has 0 aliphatic heterocycles. The summed E-state index contributed by atoms with van der Waals surface area (Å²) < 4.78 is 18.3. The SMILES string of the molecule is COCC(C)N(C)c1ccc(F)cc1CCN. The van der Waals surface area contributed by atoms with E-state index in [0.29, 0.717) is 19.6 Å². The smallest absolute Gasteiger partial charge is 0.123 e. The number of methoxy groups -OCH3 is 1. The van der Waals surface area contributed by atoms with E-state index in [1.807, 2.05) is 7.05 Å². The van der Waals surface area contributed by atoms with Crippen LogP contribution in [0.1, 0.15) is 12.5 Å². The maximum absolute atomic E-state index is 13.2. The van der Waals surface area contributed by atoms with Crippen molar-refractivity contribution in [1.82, 2.24) is 0 Å². The molecule has 1 aromatic carbocycles. The van der Waals surface area contributed by atoms with Crippen molar-refractivity contribution < 1.29 is 9.13 Å². The summed E-state index contributed by atoms with van der Waals surface area (Å²) >= 11 is 0. The van der Waals surface area contributed by atoms with Crippen LogP contribution in [0.25, 0.3) is 0 Å². The van der Waals surface area contributed by atoms with Gasteiger partial charge in [-0.25, -0.2) is 4.39 Å². The van der Waals surface area contributed by atoms with Crippen LogP contribution in [-0.2, 0) is 11.2 Å². The zero-order chi connectivity index (χ0) is 12.8. The fourth-order valence-corrected chi connectivity index (χ4v) is 1.84. The standard InChI is InChI=1S/C13H21FN2O/c1-10(9-17-3)16(2)13-5-4-12(14)8-11(13)6-7-15/h4-5,8,10H,6-7,9,15H2,1-3H3. The van der Waals surface area contributed by atoms with Crippen LogP contribution in [0.5, 0.6) is 0 Å². The molecule has 0 aliphatic carbocycles. The molecule has 17 heavy (non-hydrogen) atoms. The average Bonchev–Trinajstić information content (AvgIpc) is 2.29. The minimum atomic E-state index is -0.218. The van der Waals surface area contributed by atoms with Crippen LogP contribution in [0.15, 0.2) is 18.2 Å². The van der Waals surface area contributed by atoms with Crippen molar-refractivity contribution in [3.8, 4) is 0 Å². The maximum Gasteiger partial charge on any atom is 0.123 e. The summed E-state index contributed by atoms with van der Waals surface area (Å²) in [6.45, 7) is 3.22. The number of ether oxygens (including phenoxy) is 1. The van der Waals surface area contributed by atoms with Crippen LogP contribution in [0.4, 0.5) is 10.1 Å². The summed E-state index contributed by atoms with van der Waals surface area (Å²) in [5.74, 6) is -0.218. The first-order valence-electron chi connectivity index (χ1n) is 5.80. The summed E-state index contributed by atoms with van der Waals surface area (Å²) in [4.78, 5) is 2.09. The van der Waals surface area contributed by atoms with E-state index in [9.17, 15) is 4.39 Å². The van der Waals surface area contributed by atoms with E-state index in [2.05, 4.69) is 11.8 Å². The van der Waals surface area contributed by atoms with Crippen LogP contribution < -0.4 is 10.6 Å². The Labute approximate surface area is 102 Å². The van der Waals surface area contributed by atoms with E-state index in [4.69, 9.17) is 10.5 Å². The summed E-state index contributed by atoms with van der Waals surface area (Å²) in [5, 5.41) is 0. The summed E-state index contributed by atoms with van der Waals surface area (Å²) in [7, 11) is 3.66. The Morgan fingerprint density at radius 1 is 1.47 bits per heavy atom. The second-order valence-corrected chi connectivity index (χ2v) is 4.23. The molecule has 96 valence electrons. The van der Waals surface area contributed by atoms with Crippen molar-refractivity contribution in [2.75, 3.05) is 32.2 Å². The van der Waals surface area contributed by atoms with E-state index in [-0.39, 0.29) is 11.9 Å². The van der Waals surface area contributed by atoms with Crippen LogP contribution in [0, 0.1) is 5.82 Å². The lowest BCUT2D eigenvalue weighted by molar-refractivity contribution is 0.183. The third-order valence-corrected chi connectivity index (χ3v) is 2.90.